The number of nitrogens with zero attached hydrogens (tertiary/aromatic N) is 5. The fourth-order valence-electron chi connectivity index (χ4n) is 3.58. The van der Waals surface area contributed by atoms with Crippen LogP contribution in [0.1, 0.15) is 29.8 Å². The highest BCUT2D eigenvalue weighted by Crippen LogP contribution is 2.26. The van der Waals surface area contributed by atoms with Gasteiger partial charge in [0.25, 0.3) is 0 Å². The lowest BCUT2D eigenvalue weighted by molar-refractivity contribution is -0.137. The molecule has 31 heavy (non-hydrogen) atoms. The lowest BCUT2D eigenvalue weighted by Crippen LogP contribution is -2.05. The highest BCUT2D eigenvalue weighted by molar-refractivity contribution is 6.35. The first-order valence-electron chi connectivity index (χ1n) is 9.99. The van der Waals surface area contributed by atoms with Crippen molar-refractivity contribution in [2.24, 2.45) is 0 Å². The molecule has 0 bridgehead atoms. The molecule has 2 aromatic heterocycles. The molecule has 7 nitrogen and oxygen atoms in total. The largest absolute Gasteiger partial charge is 0.481 e. The maximum Gasteiger partial charge on any atom is 0.303 e. The number of hydrogen-bond donors (Lipinski definition) is 1. The van der Waals surface area contributed by atoms with Gasteiger partial charge in [-0.3, -0.25) is 4.79 Å². The van der Waals surface area contributed by atoms with Crippen molar-refractivity contribution in [3.8, 4) is 0 Å². The Morgan fingerprint density at radius 3 is 2.71 bits per heavy atom. The minimum atomic E-state index is -0.823. The van der Waals surface area contributed by atoms with Crippen LogP contribution in [0.2, 0.25) is 10.0 Å². The van der Waals surface area contributed by atoms with Gasteiger partial charge in [0, 0.05) is 46.5 Å². The number of carboxylic acids is 1. The van der Waals surface area contributed by atoms with Crippen molar-refractivity contribution in [1.29, 1.82) is 0 Å². The molecule has 160 valence electrons. The van der Waals surface area contributed by atoms with Gasteiger partial charge in [0.2, 0.25) is 0 Å². The van der Waals surface area contributed by atoms with Crippen molar-refractivity contribution >= 4 is 40.1 Å². The van der Waals surface area contributed by atoms with Crippen molar-refractivity contribution < 1.29 is 9.90 Å². The molecular weight excluding hydrogens is 437 g/mol. The maximum absolute atomic E-state index is 10.6. The first kappa shape index (κ1) is 21.3. The summed E-state index contributed by atoms with van der Waals surface area (Å²) < 4.78 is 2.19. The molecule has 0 spiro atoms. The van der Waals surface area contributed by atoms with Crippen LogP contribution in [0, 0.1) is 0 Å². The lowest BCUT2D eigenvalue weighted by Gasteiger charge is -2.08. The van der Waals surface area contributed by atoms with E-state index in [-0.39, 0.29) is 6.42 Å². The van der Waals surface area contributed by atoms with E-state index in [0.717, 1.165) is 17.5 Å². The van der Waals surface area contributed by atoms with E-state index >= 15 is 0 Å². The van der Waals surface area contributed by atoms with E-state index in [1.807, 2.05) is 24.3 Å². The van der Waals surface area contributed by atoms with Crippen LogP contribution in [0.3, 0.4) is 0 Å². The lowest BCUT2D eigenvalue weighted by atomic mass is 10.1. The number of carbonyl (C=O) groups is 1. The topological polar surface area (TPSA) is 85.8 Å². The van der Waals surface area contributed by atoms with Gasteiger partial charge in [-0.15, -0.1) is 10.2 Å². The van der Waals surface area contributed by atoms with Gasteiger partial charge in [-0.25, -0.2) is 0 Å². The first-order valence-corrected chi connectivity index (χ1v) is 10.7. The molecule has 0 radical (unpaired) electrons. The number of para-hydroxylation sites is 1. The summed E-state index contributed by atoms with van der Waals surface area (Å²) in [5, 5.41) is 23.7. The maximum atomic E-state index is 10.6. The predicted molar refractivity (Wildman–Crippen MR) is 120 cm³/mol. The summed E-state index contributed by atoms with van der Waals surface area (Å²) in [5.41, 5.74) is 3.33. The summed E-state index contributed by atoms with van der Waals surface area (Å²) in [4.78, 5) is 12.1. The van der Waals surface area contributed by atoms with E-state index < -0.39 is 5.97 Å². The van der Waals surface area contributed by atoms with Gasteiger partial charge in [0.05, 0.1) is 6.54 Å². The van der Waals surface area contributed by atoms with Gasteiger partial charge < -0.3 is 9.67 Å². The number of aryl methyl sites for hydroxylation is 3. The zero-order valence-corrected chi connectivity index (χ0v) is 18.2. The normalized spacial score (nSPS) is 11.3. The minimum Gasteiger partial charge on any atom is -0.481 e. The van der Waals surface area contributed by atoms with Crippen LogP contribution < -0.4 is 0 Å². The van der Waals surface area contributed by atoms with Crippen molar-refractivity contribution in [3.63, 3.8) is 0 Å². The third-order valence-electron chi connectivity index (χ3n) is 5.09. The summed E-state index contributed by atoms with van der Waals surface area (Å²) in [5.74, 6) is -0.176. The van der Waals surface area contributed by atoms with Gasteiger partial charge in [-0.2, -0.15) is 4.80 Å². The predicted octanol–water partition coefficient (Wildman–Crippen LogP) is 4.63. The Hall–Kier alpha value is -2.90. The molecule has 1 N–H and O–H groups in total. The van der Waals surface area contributed by atoms with Crippen LogP contribution in [-0.4, -0.2) is 35.9 Å². The molecule has 0 saturated heterocycles. The van der Waals surface area contributed by atoms with Crippen LogP contribution in [0.25, 0.3) is 10.9 Å². The van der Waals surface area contributed by atoms with E-state index in [4.69, 9.17) is 28.3 Å². The SMILES string of the molecule is O=C(O)CCCn1nnc(CCc2cn(Cc3ccc(Cl)cc3Cl)c3ccccc23)n1. The zero-order valence-electron chi connectivity index (χ0n) is 16.7. The molecule has 0 atom stereocenters. The number of fused-ring (bicyclic) bond motifs is 1. The van der Waals surface area contributed by atoms with Crippen molar-refractivity contribution in [2.75, 3.05) is 0 Å². The molecule has 0 saturated carbocycles. The Kier molecular flexibility index (Phi) is 6.53. The molecule has 0 aliphatic heterocycles. The molecule has 0 amide bonds. The van der Waals surface area contributed by atoms with E-state index in [1.165, 1.54) is 15.7 Å². The second-order valence-corrected chi connectivity index (χ2v) is 8.18. The van der Waals surface area contributed by atoms with Crippen molar-refractivity contribution in [3.05, 3.63) is 75.7 Å². The third-order valence-corrected chi connectivity index (χ3v) is 5.67. The number of halogens is 2. The van der Waals surface area contributed by atoms with Crippen LogP contribution in [0.4, 0.5) is 0 Å². The third kappa shape index (κ3) is 5.24. The Balaban J connectivity index is 1.48. The van der Waals surface area contributed by atoms with Gasteiger partial charge in [0.15, 0.2) is 5.82 Å². The fraction of sp³-hybridized carbons (Fsp3) is 0.273. The molecule has 2 aromatic carbocycles. The number of benzene rings is 2. The molecule has 0 aliphatic rings. The fourth-order valence-corrected chi connectivity index (χ4v) is 4.04. The second-order valence-electron chi connectivity index (χ2n) is 7.33. The molecule has 0 fully saturated rings. The number of carboxylic acid groups (broad SMARTS) is 1. The highest BCUT2D eigenvalue weighted by Gasteiger charge is 2.12. The number of hydrogen-bond acceptors (Lipinski definition) is 4. The molecule has 9 heteroatoms. The first-order chi connectivity index (χ1) is 15.0. The number of aliphatic carboxylic acids is 1. The molecule has 4 aromatic rings. The minimum absolute atomic E-state index is 0.0913. The highest BCUT2D eigenvalue weighted by atomic mass is 35.5. The summed E-state index contributed by atoms with van der Waals surface area (Å²) in [6.07, 6.45) is 4.13. The van der Waals surface area contributed by atoms with Crippen LogP contribution in [0.15, 0.2) is 48.7 Å². The summed E-state index contributed by atoms with van der Waals surface area (Å²) >= 11 is 12.4. The van der Waals surface area contributed by atoms with E-state index in [2.05, 4.69) is 38.3 Å². The van der Waals surface area contributed by atoms with Crippen LogP contribution in [0.5, 0.6) is 0 Å². The van der Waals surface area contributed by atoms with Gasteiger partial charge >= 0.3 is 5.97 Å². The molecule has 0 aliphatic carbocycles. The quantitative estimate of drug-likeness (QED) is 0.395. The molecule has 4 rings (SSSR count). The molecule has 2 heterocycles. The smallest absolute Gasteiger partial charge is 0.303 e. The monoisotopic (exact) mass is 457 g/mol. The molecule has 0 unspecified atom stereocenters. The zero-order chi connectivity index (χ0) is 21.8. The Labute approximate surface area is 189 Å². The van der Waals surface area contributed by atoms with Crippen LogP contribution >= 0.6 is 23.2 Å². The van der Waals surface area contributed by atoms with Crippen molar-refractivity contribution in [1.82, 2.24) is 24.8 Å². The standard InChI is InChI=1S/C22H21Cl2N5O2/c23-17-9-7-16(19(24)12-17)14-28-13-15(18-4-1-2-5-20(18)28)8-10-21-25-27-29(26-21)11-3-6-22(30)31/h1-2,4-5,7,9,12-13H,3,6,8,10-11,14H2,(H,30,31). The second kappa shape index (κ2) is 9.49. The average molecular weight is 458 g/mol. The van der Waals surface area contributed by atoms with E-state index in [9.17, 15) is 4.79 Å². The summed E-state index contributed by atoms with van der Waals surface area (Å²) in [6, 6.07) is 13.8. The van der Waals surface area contributed by atoms with Crippen molar-refractivity contribution in [2.45, 2.75) is 38.8 Å². The summed E-state index contributed by atoms with van der Waals surface area (Å²) in [7, 11) is 0. The summed E-state index contributed by atoms with van der Waals surface area (Å²) in [6.45, 7) is 1.09. The van der Waals surface area contributed by atoms with Gasteiger partial charge in [0.1, 0.15) is 0 Å². The number of aromatic nitrogens is 5. The van der Waals surface area contributed by atoms with Gasteiger partial charge in [-0.05, 0) is 47.4 Å². The van der Waals surface area contributed by atoms with E-state index in [0.29, 0.717) is 41.8 Å². The van der Waals surface area contributed by atoms with Gasteiger partial charge in [-0.1, -0.05) is 47.5 Å². The van der Waals surface area contributed by atoms with E-state index in [1.54, 1.807) is 6.07 Å². The van der Waals surface area contributed by atoms with Crippen LogP contribution in [-0.2, 0) is 30.7 Å². The Bertz CT molecular complexity index is 1220. The molecular formula is C22H21Cl2N5O2. The number of rotatable bonds is 9. The number of tetrazole rings is 1. The Morgan fingerprint density at radius 2 is 1.90 bits per heavy atom. The Morgan fingerprint density at radius 1 is 1.06 bits per heavy atom. The average Bonchev–Trinajstić information content (AvgIpc) is 3.33.